The summed E-state index contributed by atoms with van der Waals surface area (Å²) in [7, 11) is 0. The second-order valence-corrected chi connectivity index (χ2v) is 4.77. The van der Waals surface area contributed by atoms with Gasteiger partial charge in [0, 0.05) is 10.9 Å². The molecular formula is C11H12BrNO. The van der Waals surface area contributed by atoms with E-state index in [9.17, 15) is 4.79 Å². The molecule has 2 rings (SSSR count). The largest absolute Gasteiger partial charge is 0.370 e. The van der Waals surface area contributed by atoms with Crippen LogP contribution in [0.25, 0.3) is 0 Å². The fraction of sp³-hybridized carbons (Fsp3) is 0.364. The highest BCUT2D eigenvalue weighted by molar-refractivity contribution is 9.10. The van der Waals surface area contributed by atoms with Crippen LogP contribution in [0.1, 0.15) is 17.5 Å². The van der Waals surface area contributed by atoms with Gasteiger partial charge in [0.25, 0.3) is 0 Å². The second kappa shape index (κ2) is 3.73. The lowest BCUT2D eigenvalue weighted by Crippen LogP contribution is -2.16. The first-order chi connectivity index (χ1) is 6.65. The predicted molar refractivity (Wildman–Crippen MR) is 58.9 cm³/mol. The predicted octanol–water partition coefficient (Wildman–Crippen LogP) is 2.04. The third kappa shape index (κ3) is 1.98. The minimum atomic E-state index is -0.193. The Bertz CT molecular complexity index is 376. The second-order valence-electron chi connectivity index (χ2n) is 3.86. The molecule has 0 aromatic heterocycles. The Balaban J connectivity index is 2.14. The van der Waals surface area contributed by atoms with Gasteiger partial charge in [-0.25, -0.2) is 0 Å². The van der Waals surface area contributed by atoms with E-state index in [-0.39, 0.29) is 5.91 Å². The van der Waals surface area contributed by atoms with E-state index in [0.29, 0.717) is 12.3 Å². The maximum atomic E-state index is 10.8. The van der Waals surface area contributed by atoms with Gasteiger partial charge in [0.1, 0.15) is 0 Å². The molecule has 14 heavy (non-hydrogen) atoms. The van der Waals surface area contributed by atoms with Gasteiger partial charge in [0.05, 0.1) is 0 Å². The molecule has 0 aliphatic heterocycles. The molecule has 1 unspecified atom stereocenters. The van der Waals surface area contributed by atoms with E-state index in [2.05, 4.69) is 28.1 Å². The zero-order chi connectivity index (χ0) is 10.1. The molecule has 0 radical (unpaired) electrons. The summed E-state index contributed by atoms with van der Waals surface area (Å²) in [5.41, 5.74) is 7.90. The van der Waals surface area contributed by atoms with Crippen LogP contribution < -0.4 is 5.73 Å². The molecule has 1 atom stereocenters. The highest BCUT2D eigenvalue weighted by Crippen LogP contribution is 2.30. The van der Waals surface area contributed by atoms with Crippen molar-refractivity contribution >= 4 is 21.8 Å². The van der Waals surface area contributed by atoms with E-state index in [1.807, 2.05) is 6.07 Å². The molecule has 1 aliphatic carbocycles. The third-order valence-electron chi connectivity index (χ3n) is 2.68. The molecule has 0 fully saturated rings. The summed E-state index contributed by atoms with van der Waals surface area (Å²) in [4.78, 5) is 10.8. The molecule has 1 aliphatic rings. The van der Waals surface area contributed by atoms with E-state index in [1.165, 1.54) is 11.1 Å². The normalized spacial score (nSPS) is 19.4. The number of rotatable bonds is 2. The van der Waals surface area contributed by atoms with Crippen molar-refractivity contribution in [3.63, 3.8) is 0 Å². The lowest BCUT2D eigenvalue weighted by molar-refractivity contribution is -0.118. The SMILES string of the molecule is NC(=O)CC1Cc2ccc(Br)cc2C1. The van der Waals surface area contributed by atoms with Gasteiger partial charge < -0.3 is 5.73 Å². The third-order valence-corrected chi connectivity index (χ3v) is 3.17. The summed E-state index contributed by atoms with van der Waals surface area (Å²) in [6.45, 7) is 0. The molecular weight excluding hydrogens is 242 g/mol. The molecule has 1 aromatic rings. The number of carbonyl (C=O) groups is 1. The molecule has 2 N–H and O–H groups in total. The minimum absolute atomic E-state index is 0.193. The van der Waals surface area contributed by atoms with E-state index in [0.717, 1.165) is 17.3 Å². The Kier molecular flexibility index (Phi) is 2.59. The lowest BCUT2D eigenvalue weighted by atomic mass is 10.0. The maximum Gasteiger partial charge on any atom is 0.217 e. The molecule has 2 nitrogen and oxygen atoms in total. The summed E-state index contributed by atoms with van der Waals surface area (Å²) in [5.74, 6) is 0.221. The van der Waals surface area contributed by atoms with Crippen molar-refractivity contribution in [3.05, 3.63) is 33.8 Å². The molecule has 3 heteroatoms. The van der Waals surface area contributed by atoms with Crippen molar-refractivity contribution in [3.8, 4) is 0 Å². The van der Waals surface area contributed by atoms with Crippen LogP contribution in [0.4, 0.5) is 0 Å². The molecule has 1 amide bonds. The van der Waals surface area contributed by atoms with Crippen LogP contribution in [0.5, 0.6) is 0 Å². The van der Waals surface area contributed by atoms with Crippen LogP contribution in [0.15, 0.2) is 22.7 Å². The first-order valence-corrected chi connectivity index (χ1v) is 5.50. The van der Waals surface area contributed by atoms with E-state index >= 15 is 0 Å². The Morgan fingerprint density at radius 2 is 2.14 bits per heavy atom. The van der Waals surface area contributed by atoms with E-state index in [1.54, 1.807) is 0 Å². The Hall–Kier alpha value is -0.830. The number of benzene rings is 1. The highest BCUT2D eigenvalue weighted by atomic mass is 79.9. The van der Waals surface area contributed by atoms with Crippen molar-refractivity contribution in [2.24, 2.45) is 11.7 Å². The van der Waals surface area contributed by atoms with Crippen LogP contribution in [0.2, 0.25) is 0 Å². The van der Waals surface area contributed by atoms with Gasteiger partial charge in [-0.3, -0.25) is 4.79 Å². The Labute approximate surface area is 91.6 Å². The monoisotopic (exact) mass is 253 g/mol. The average Bonchev–Trinajstić information content (AvgIpc) is 2.44. The molecule has 0 heterocycles. The number of amides is 1. The van der Waals surface area contributed by atoms with Crippen molar-refractivity contribution in [1.29, 1.82) is 0 Å². The van der Waals surface area contributed by atoms with Gasteiger partial charge in [-0.15, -0.1) is 0 Å². The zero-order valence-corrected chi connectivity index (χ0v) is 9.38. The number of fused-ring (bicyclic) bond motifs is 1. The maximum absolute atomic E-state index is 10.8. The Morgan fingerprint density at radius 1 is 1.43 bits per heavy atom. The topological polar surface area (TPSA) is 43.1 Å². The minimum Gasteiger partial charge on any atom is -0.370 e. The molecule has 1 aromatic carbocycles. The van der Waals surface area contributed by atoms with Crippen LogP contribution in [0.3, 0.4) is 0 Å². The van der Waals surface area contributed by atoms with E-state index < -0.39 is 0 Å². The quantitative estimate of drug-likeness (QED) is 0.862. The molecule has 0 saturated carbocycles. The fourth-order valence-electron chi connectivity index (χ4n) is 2.11. The smallest absolute Gasteiger partial charge is 0.217 e. The van der Waals surface area contributed by atoms with Crippen LogP contribution in [-0.4, -0.2) is 5.91 Å². The number of nitrogens with two attached hydrogens (primary N) is 1. The number of hydrogen-bond acceptors (Lipinski definition) is 1. The van der Waals surface area contributed by atoms with E-state index in [4.69, 9.17) is 5.73 Å². The van der Waals surface area contributed by atoms with Crippen LogP contribution >= 0.6 is 15.9 Å². The number of primary amides is 1. The summed E-state index contributed by atoms with van der Waals surface area (Å²) in [6, 6.07) is 6.31. The van der Waals surface area contributed by atoms with Gasteiger partial charge in [-0.05, 0) is 42.0 Å². The Morgan fingerprint density at radius 3 is 2.86 bits per heavy atom. The van der Waals surface area contributed by atoms with Gasteiger partial charge >= 0.3 is 0 Å². The van der Waals surface area contributed by atoms with Crippen LogP contribution in [-0.2, 0) is 17.6 Å². The van der Waals surface area contributed by atoms with Gasteiger partial charge in [-0.1, -0.05) is 22.0 Å². The molecule has 0 bridgehead atoms. The highest BCUT2D eigenvalue weighted by Gasteiger charge is 2.22. The summed E-state index contributed by atoms with van der Waals surface area (Å²) >= 11 is 3.44. The standard InChI is InChI=1S/C11H12BrNO/c12-10-2-1-8-3-7(5-11(13)14)4-9(8)6-10/h1-2,6-7H,3-5H2,(H2,13,14). The lowest BCUT2D eigenvalue weighted by Gasteiger charge is -2.03. The number of carbonyl (C=O) groups excluding carboxylic acids is 1. The number of hydrogen-bond donors (Lipinski definition) is 1. The van der Waals surface area contributed by atoms with Crippen LogP contribution in [0, 0.1) is 5.92 Å². The first-order valence-electron chi connectivity index (χ1n) is 4.71. The molecule has 0 spiro atoms. The average molecular weight is 254 g/mol. The first kappa shape index (κ1) is 9.71. The van der Waals surface area contributed by atoms with Crippen molar-refractivity contribution in [2.75, 3.05) is 0 Å². The van der Waals surface area contributed by atoms with Crippen molar-refractivity contribution in [2.45, 2.75) is 19.3 Å². The zero-order valence-electron chi connectivity index (χ0n) is 7.79. The summed E-state index contributed by atoms with van der Waals surface area (Å²) < 4.78 is 1.11. The molecule has 74 valence electrons. The van der Waals surface area contributed by atoms with Crippen molar-refractivity contribution in [1.82, 2.24) is 0 Å². The van der Waals surface area contributed by atoms with Gasteiger partial charge in [0.2, 0.25) is 5.91 Å². The summed E-state index contributed by atoms with van der Waals surface area (Å²) in [5, 5.41) is 0. The molecule has 0 saturated heterocycles. The number of halogens is 1. The van der Waals surface area contributed by atoms with Crippen molar-refractivity contribution < 1.29 is 4.79 Å². The van der Waals surface area contributed by atoms with Gasteiger partial charge in [0.15, 0.2) is 0 Å². The fourth-order valence-corrected chi connectivity index (χ4v) is 2.52. The summed E-state index contributed by atoms with van der Waals surface area (Å²) in [6.07, 6.45) is 2.48. The van der Waals surface area contributed by atoms with Gasteiger partial charge in [-0.2, -0.15) is 0 Å².